The summed E-state index contributed by atoms with van der Waals surface area (Å²) in [6.07, 6.45) is 0. The minimum absolute atomic E-state index is 0.409. The molecule has 1 aromatic rings. The normalized spacial score (nSPS) is 19.4. The van der Waals surface area contributed by atoms with Gasteiger partial charge in [0, 0.05) is 5.75 Å². The van der Waals surface area contributed by atoms with Gasteiger partial charge in [0.2, 0.25) is 0 Å². The van der Waals surface area contributed by atoms with Gasteiger partial charge in [-0.3, -0.25) is 4.99 Å². The van der Waals surface area contributed by atoms with Crippen LogP contribution in [0.25, 0.3) is 0 Å². The van der Waals surface area contributed by atoms with Crippen LogP contribution in [0.15, 0.2) is 29.3 Å². The molecule has 0 radical (unpaired) electrons. The fourth-order valence-electron chi connectivity index (χ4n) is 1.51. The van der Waals surface area contributed by atoms with E-state index in [1.165, 1.54) is 0 Å². The molecular formula is C12H16N2OS. The van der Waals surface area contributed by atoms with Crippen molar-refractivity contribution in [3.8, 4) is 5.75 Å². The monoisotopic (exact) mass is 236 g/mol. The minimum Gasteiger partial charge on any atom is -0.492 e. The van der Waals surface area contributed by atoms with Crippen LogP contribution in [0.2, 0.25) is 0 Å². The second-order valence-corrected chi connectivity index (χ2v) is 4.66. The molecule has 0 aromatic heterocycles. The molecule has 0 amide bonds. The summed E-state index contributed by atoms with van der Waals surface area (Å²) in [5.74, 6) is 1.94. The fraction of sp³-hybridized carbons (Fsp3) is 0.417. The molecule has 0 aliphatic carbocycles. The summed E-state index contributed by atoms with van der Waals surface area (Å²) in [5.41, 5.74) is 0.990. The van der Waals surface area contributed by atoms with E-state index in [0.29, 0.717) is 12.6 Å². The number of thioether (sulfide) groups is 1. The molecule has 86 valence electrons. The van der Waals surface area contributed by atoms with Crippen LogP contribution >= 0.6 is 11.8 Å². The van der Waals surface area contributed by atoms with Gasteiger partial charge in [-0.15, -0.1) is 0 Å². The van der Waals surface area contributed by atoms with Gasteiger partial charge in [-0.1, -0.05) is 23.9 Å². The number of benzene rings is 1. The molecule has 0 fully saturated rings. The van der Waals surface area contributed by atoms with Gasteiger partial charge in [0.1, 0.15) is 5.75 Å². The summed E-state index contributed by atoms with van der Waals surface area (Å²) >= 11 is 1.76. The average molecular weight is 236 g/mol. The van der Waals surface area contributed by atoms with E-state index in [0.717, 1.165) is 22.4 Å². The predicted octanol–water partition coefficient (Wildman–Crippen LogP) is 2.99. The smallest absolute Gasteiger partial charge is 0.161 e. The molecule has 1 aromatic carbocycles. The van der Waals surface area contributed by atoms with Gasteiger partial charge in [0.15, 0.2) is 5.17 Å². The van der Waals surface area contributed by atoms with Crippen LogP contribution in [0, 0.1) is 0 Å². The molecule has 0 spiro atoms. The quantitative estimate of drug-likeness (QED) is 0.876. The van der Waals surface area contributed by atoms with Crippen LogP contribution in [-0.4, -0.2) is 23.6 Å². The molecule has 3 nitrogen and oxygen atoms in total. The molecule has 1 aliphatic heterocycles. The van der Waals surface area contributed by atoms with Crippen LogP contribution in [0.3, 0.4) is 0 Å². The number of para-hydroxylation sites is 2. The van der Waals surface area contributed by atoms with E-state index in [4.69, 9.17) is 4.74 Å². The number of rotatable bonds is 3. The van der Waals surface area contributed by atoms with Crippen molar-refractivity contribution in [2.75, 3.05) is 17.7 Å². The first-order valence-corrected chi connectivity index (χ1v) is 6.47. The van der Waals surface area contributed by atoms with Crippen molar-refractivity contribution in [2.24, 2.45) is 4.99 Å². The van der Waals surface area contributed by atoms with Gasteiger partial charge in [-0.2, -0.15) is 0 Å². The molecule has 1 N–H and O–H groups in total. The molecule has 16 heavy (non-hydrogen) atoms. The fourth-order valence-corrected chi connectivity index (χ4v) is 2.42. The molecular weight excluding hydrogens is 220 g/mol. The standard InChI is InChI=1S/C12H16N2OS/c1-3-15-11-7-5-4-6-10(11)14-12-13-9(2)8-16-12/h4-7,9H,3,8H2,1-2H3,(H,13,14). The van der Waals surface area contributed by atoms with Crippen molar-refractivity contribution in [3.63, 3.8) is 0 Å². The maximum Gasteiger partial charge on any atom is 0.161 e. The summed E-state index contributed by atoms with van der Waals surface area (Å²) in [6.45, 7) is 4.78. The van der Waals surface area contributed by atoms with Gasteiger partial charge in [0.25, 0.3) is 0 Å². The third-order valence-electron chi connectivity index (χ3n) is 2.23. The summed E-state index contributed by atoms with van der Waals surface area (Å²) in [4.78, 5) is 4.50. The van der Waals surface area contributed by atoms with Crippen LogP contribution in [0.1, 0.15) is 13.8 Å². The predicted molar refractivity (Wildman–Crippen MR) is 70.6 cm³/mol. The zero-order valence-corrected chi connectivity index (χ0v) is 10.4. The third kappa shape index (κ3) is 2.70. The first kappa shape index (κ1) is 11.3. The highest BCUT2D eigenvalue weighted by atomic mass is 32.2. The highest BCUT2D eigenvalue weighted by Gasteiger charge is 2.14. The Morgan fingerprint density at radius 2 is 2.31 bits per heavy atom. The molecule has 0 saturated carbocycles. The maximum absolute atomic E-state index is 5.55. The Hall–Kier alpha value is -1.16. The van der Waals surface area contributed by atoms with Gasteiger partial charge in [0.05, 0.1) is 18.3 Å². The molecule has 1 unspecified atom stereocenters. The van der Waals surface area contributed by atoms with Crippen LogP contribution in [-0.2, 0) is 0 Å². The van der Waals surface area contributed by atoms with Gasteiger partial charge in [-0.25, -0.2) is 0 Å². The summed E-state index contributed by atoms with van der Waals surface area (Å²) in [7, 11) is 0. The lowest BCUT2D eigenvalue weighted by molar-refractivity contribution is 0.342. The first-order valence-electron chi connectivity index (χ1n) is 5.49. The lowest BCUT2D eigenvalue weighted by atomic mass is 10.3. The number of aliphatic imine (C=N–C) groups is 1. The number of ether oxygens (including phenoxy) is 1. The highest BCUT2D eigenvalue weighted by molar-refractivity contribution is 8.14. The Morgan fingerprint density at radius 3 is 3.00 bits per heavy atom. The van der Waals surface area contributed by atoms with E-state index in [2.05, 4.69) is 17.2 Å². The topological polar surface area (TPSA) is 33.6 Å². The molecule has 1 heterocycles. The van der Waals surface area contributed by atoms with Crippen molar-refractivity contribution in [2.45, 2.75) is 19.9 Å². The Labute approximate surface area is 100 Å². The maximum atomic E-state index is 5.55. The van der Waals surface area contributed by atoms with Crippen molar-refractivity contribution >= 4 is 22.6 Å². The van der Waals surface area contributed by atoms with Crippen molar-refractivity contribution in [1.29, 1.82) is 0 Å². The van der Waals surface area contributed by atoms with Gasteiger partial charge in [-0.05, 0) is 26.0 Å². The molecule has 0 bridgehead atoms. The summed E-state index contributed by atoms with van der Waals surface area (Å²) in [5, 5.41) is 4.30. The Bertz CT molecular complexity index is 392. The zero-order valence-electron chi connectivity index (χ0n) is 9.56. The van der Waals surface area contributed by atoms with Gasteiger partial charge >= 0.3 is 0 Å². The van der Waals surface area contributed by atoms with Crippen molar-refractivity contribution in [1.82, 2.24) is 0 Å². The van der Waals surface area contributed by atoms with E-state index in [9.17, 15) is 0 Å². The zero-order chi connectivity index (χ0) is 11.4. The number of hydrogen-bond donors (Lipinski definition) is 1. The molecule has 1 aliphatic rings. The first-order chi connectivity index (χ1) is 7.79. The summed E-state index contributed by atoms with van der Waals surface area (Å²) < 4.78 is 5.55. The van der Waals surface area contributed by atoms with Gasteiger partial charge < -0.3 is 10.1 Å². The van der Waals surface area contributed by atoms with Crippen LogP contribution in [0.5, 0.6) is 5.75 Å². The van der Waals surface area contributed by atoms with Crippen LogP contribution in [0.4, 0.5) is 5.69 Å². The Kier molecular flexibility index (Phi) is 3.72. The van der Waals surface area contributed by atoms with E-state index in [-0.39, 0.29) is 0 Å². The molecule has 4 heteroatoms. The minimum atomic E-state index is 0.409. The summed E-state index contributed by atoms with van der Waals surface area (Å²) in [6, 6.07) is 8.36. The average Bonchev–Trinajstić information content (AvgIpc) is 2.67. The lowest BCUT2D eigenvalue weighted by Crippen LogP contribution is -2.07. The van der Waals surface area contributed by atoms with E-state index in [1.807, 2.05) is 31.2 Å². The number of nitrogens with one attached hydrogen (secondary N) is 1. The second kappa shape index (κ2) is 5.25. The SMILES string of the molecule is CCOc1ccccc1NC1=NC(C)CS1. The van der Waals surface area contributed by atoms with Crippen molar-refractivity contribution < 1.29 is 4.74 Å². The lowest BCUT2D eigenvalue weighted by Gasteiger charge is -2.11. The van der Waals surface area contributed by atoms with Crippen LogP contribution < -0.4 is 10.1 Å². The number of amidine groups is 1. The molecule has 2 rings (SSSR count). The molecule has 1 atom stereocenters. The number of nitrogens with zero attached hydrogens (tertiary/aromatic N) is 1. The van der Waals surface area contributed by atoms with E-state index >= 15 is 0 Å². The highest BCUT2D eigenvalue weighted by Crippen LogP contribution is 2.27. The third-order valence-corrected chi connectivity index (χ3v) is 3.36. The Morgan fingerprint density at radius 1 is 1.50 bits per heavy atom. The van der Waals surface area contributed by atoms with E-state index < -0.39 is 0 Å². The van der Waals surface area contributed by atoms with E-state index in [1.54, 1.807) is 11.8 Å². The number of hydrogen-bond acceptors (Lipinski definition) is 4. The second-order valence-electron chi connectivity index (χ2n) is 3.65. The molecule has 0 saturated heterocycles. The Balaban J connectivity index is 2.11. The number of anilines is 1. The largest absolute Gasteiger partial charge is 0.492 e. The van der Waals surface area contributed by atoms with Crippen molar-refractivity contribution in [3.05, 3.63) is 24.3 Å².